The summed E-state index contributed by atoms with van der Waals surface area (Å²) in [5.41, 5.74) is 5.34. The number of hydrogen-bond donors (Lipinski definition) is 2. The first-order chi connectivity index (χ1) is 5.11. The standard InChI is InChI=1S/C6H13NO2S2/c1-10-5(11-2)3-4(7)6(8)9/h4-5H,3,7H2,1-2H3,(H,8,9)/t4-/m0/s1. The topological polar surface area (TPSA) is 63.3 Å². The van der Waals surface area contributed by atoms with Gasteiger partial charge in [0, 0.05) is 0 Å². The summed E-state index contributed by atoms with van der Waals surface area (Å²) in [6.45, 7) is 0. The fraction of sp³-hybridized carbons (Fsp3) is 0.833. The minimum atomic E-state index is -0.918. The van der Waals surface area contributed by atoms with Crippen molar-refractivity contribution in [3.63, 3.8) is 0 Å². The van der Waals surface area contributed by atoms with E-state index in [0.29, 0.717) is 11.0 Å². The van der Waals surface area contributed by atoms with Crippen LogP contribution in [-0.4, -0.2) is 34.2 Å². The van der Waals surface area contributed by atoms with Crippen LogP contribution in [0, 0.1) is 0 Å². The molecule has 0 aliphatic carbocycles. The second-order valence-corrected chi connectivity index (χ2v) is 4.46. The second-order valence-electron chi connectivity index (χ2n) is 2.08. The van der Waals surface area contributed by atoms with E-state index in [2.05, 4.69) is 0 Å². The summed E-state index contributed by atoms with van der Waals surface area (Å²) in [6.07, 6.45) is 4.43. The third-order valence-corrected chi connectivity index (χ3v) is 3.88. The van der Waals surface area contributed by atoms with E-state index in [0.717, 1.165) is 0 Å². The van der Waals surface area contributed by atoms with Crippen molar-refractivity contribution in [3.05, 3.63) is 0 Å². The molecule has 0 bridgehead atoms. The molecule has 0 rings (SSSR count). The number of carbonyl (C=O) groups is 1. The van der Waals surface area contributed by atoms with Crippen LogP contribution in [0.3, 0.4) is 0 Å². The highest BCUT2D eigenvalue weighted by molar-refractivity contribution is 8.16. The molecule has 0 aromatic carbocycles. The highest BCUT2D eigenvalue weighted by atomic mass is 32.2. The summed E-state index contributed by atoms with van der Waals surface area (Å²) < 4.78 is 0.293. The van der Waals surface area contributed by atoms with Crippen molar-refractivity contribution in [1.82, 2.24) is 0 Å². The lowest BCUT2D eigenvalue weighted by Gasteiger charge is -2.13. The maximum Gasteiger partial charge on any atom is 0.320 e. The van der Waals surface area contributed by atoms with Gasteiger partial charge >= 0.3 is 5.97 Å². The molecular weight excluding hydrogens is 182 g/mol. The Morgan fingerprint density at radius 1 is 1.55 bits per heavy atom. The van der Waals surface area contributed by atoms with E-state index < -0.39 is 12.0 Å². The Morgan fingerprint density at radius 3 is 2.27 bits per heavy atom. The lowest BCUT2D eigenvalue weighted by molar-refractivity contribution is -0.138. The van der Waals surface area contributed by atoms with Crippen LogP contribution < -0.4 is 5.73 Å². The van der Waals surface area contributed by atoms with Crippen LogP contribution in [0.15, 0.2) is 0 Å². The van der Waals surface area contributed by atoms with Crippen molar-refractivity contribution < 1.29 is 9.90 Å². The van der Waals surface area contributed by atoms with Gasteiger partial charge in [-0.3, -0.25) is 4.79 Å². The monoisotopic (exact) mass is 195 g/mol. The van der Waals surface area contributed by atoms with Gasteiger partial charge in [-0.2, -0.15) is 23.5 Å². The second kappa shape index (κ2) is 5.74. The van der Waals surface area contributed by atoms with Crippen LogP contribution in [0.5, 0.6) is 0 Å². The molecule has 0 spiro atoms. The summed E-state index contributed by atoms with van der Waals surface area (Å²) in [7, 11) is 0. The Hall–Kier alpha value is 0.130. The van der Waals surface area contributed by atoms with E-state index >= 15 is 0 Å². The summed E-state index contributed by atoms with van der Waals surface area (Å²) >= 11 is 3.27. The first-order valence-electron chi connectivity index (χ1n) is 3.15. The predicted octanol–water partition coefficient (Wildman–Crippen LogP) is 0.841. The Bertz CT molecular complexity index is 128. The molecule has 3 nitrogen and oxygen atoms in total. The van der Waals surface area contributed by atoms with Crippen molar-refractivity contribution >= 4 is 29.5 Å². The number of hydrogen-bond acceptors (Lipinski definition) is 4. The average molecular weight is 195 g/mol. The Kier molecular flexibility index (Phi) is 5.81. The quantitative estimate of drug-likeness (QED) is 0.636. The van der Waals surface area contributed by atoms with Crippen molar-refractivity contribution in [1.29, 1.82) is 0 Å². The number of nitrogens with two attached hydrogens (primary N) is 1. The fourth-order valence-corrected chi connectivity index (χ4v) is 2.17. The molecule has 0 aromatic rings. The Labute approximate surface area is 75.1 Å². The third kappa shape index (κ3) is 4.55. The first-order valence-corrected chi connectivity index (χ1v) is 5.73. The zero-order valence-corrected chi connectivity index (χ0v) is 8.24. The van der Waals surface area contributed by atoms with E-state index in [-0.39, 0.29) is 0 Å². The third-order valence-electron chi connectivity index (χ3n) is 1.29. The van der Waals surface area contributed by atoms with Gasteiger partial charge < -0.3 is 10.8 Å². The first kappa shape index (κ1) is 11.1. The molecule has 0 radical (unpaired) electrons. The molecule has 0 saturated heterocycles. The minimum Gasteiger partial charge on any atom is -0.480 e. The van der Waals surface area contributed by atoms with Gasteiger partial charge in [0.2, 0.25) is 0 Å². The molecule has 1 atom stereocenters. The molecule has 0 saturated carbocycles. The Morgan fingerprint density at radius 2 is 2.00 bits per heavy atom. The lowest BCUT2D eigenvalue weighted by atomic mass is 10.2. The molecule has 5 heteroatoms. The zero-order chi connectivity index (χ0) is 8.85. The molecule has 0 aliphatic rings. The van der Waals surface area contributed by atoms with Gasteiger partial charge in [-0.25, -0.2) is 0 Å². The molecule has 0 amide bonds. The van der Waals surface area contributed by atoms with Gasteiger partial charge in [0.1, 0.15) is 6.04 Å². The number of aliphatic carboxylic acids is 1. The molecule has 0 fully saturated rings. The van der Waals surface area contributed by atoms with Gasteiger partial charge in [0.15, 0.2) is 0 Å². The van der Waals surface area contributed by atoms with E-state index in [1.54, 1.807) is 23.5 Å². The van der Waals surface area contributed by atoms with Gasteiger partial charge in [-0.1, -0.05) is 0 Å². The molecule has 11 heavy (non-hydrogen) atoms. The lowest BCUT2D eigenvalue weighted by Crippen LogP contribution is -2.32. The molecule has 0 aliphatic heterocycles. The highest BCUT2D eigenvalue weighted by Gasteiger charge is 2.16. The molecule has 0 aromatic heterocycles. The maximum absolute atomic E-state index is 10.3. The van der Waals surface area contributed by atoms with Gasteiger partial charge in [-0.15, -0.1) is 0 Å². The number of carboxylic acids is 1. The summed E-state index contributed by atoms with van der Waals surface area (Å²) in [4.78, 5) is 10.3. The molecule has 66 valence electrons. The van der Waals surface area contributed by atoms with Crippen molar-refractivity contribution in [2.45, 2.75) is 17.0 Å². The minimum absolute atomic E-state index is 0.293. The van der Waals surface area contributed by atoms with Crippen LogP contribution in [0.1, 0.15) is 6.42 Å². The van der Waals surface area contributed by atoms with E-state index in [1.807, 2.05) is 12.5 Å². The van der Waals surface area contributed by atoms with Crippen LogP contribution in [0.2, 0.25) is 0 Å². The summed E-state index contributed by atoms with van der Waals surface area (Å²) in [5, 5.41) is 8.48. The van der Waals surface area contributed by atoms with Gasteiger partial charge in [-0.05, 0) is 18.9 Å². The van der Waals surface area contributed by atoms with Gasteiger partial charge in [0.25, 0.3) is 0 Å². The van der Waals surface area contributed by atoms with E-state index in [9.17, 15) is 4.79 Å². The molecule has 0 heterocycles. The summed E-state index contributed by atoms with van der Waals surface area (Å²) in [6, 6.07) is -0.722. The van der Waals surface area contributed by atoms with E-state index in [4.69, 9.17) is 10.8 Å². The average Bonchev–Trinajstić information content (AvgIpc) is 1.99. The normalized spacial score (nSPS) is 13.5. The van der Waals surface area contributed by atoms with Crippen molar-refractivity contribution in [3.8, 4) is 0 Å². The largest absolute Gasteiger partial charge is 0.480 e. The predicted molar refractivity (Wildman–Crippen MR) is 51.0 cm³/mol. The van der Waals surface area contributed by atoms with Crippen LogP contribution in [0.25, 0.3) is 0 Å². The molecule has 0 unspecified atom stereocenters. The van der Waals surface area contributed by atoms with E-state index in [1.165, 1.54) is 0 Å². The smallest absolute Gasteiger partial charge is 0.320 e. The highest BCUT2D eigenvalue weighted by Crippen LogP contribution is 2.22. The van der Waals surface area contributed by atoms with Crippen molar-refractivity contribution in [2.75, 3.05) is 12.5 Å². The van der Waals surface area contributed by atoms with Crippen LogP contribution in [0.4, 0.5) is 0 Å². The fourth-order valence-electron chi connectivity index (χ4n) is 0.597. The van der Waals surface area contributed by atoms with Crippen molar-refractivity contribution in [2.24, 2.45) is 5.73 Å². The number of rotatable bonds is 5. The zero-order valence-electron chi connectivity index (χ0n) is 6.61. The number of carboxylic acid groups (broad SMARTS) is 1. The number of thioether (sulfide) groups is 2. The Balaban J connectivity index is 3.71. The molecule has 3 N–H and O–H groups in total. The molecular formula is C6H13NO2S2. The van der Waals surface area contributed by atoms with Crippen LogP contribution >= 0.6 is 23.5 Å². The van der Waals surface area contributed by atoms with Gasteiger partial charge in [0.05, 0.1) is 4.58 Å². The maximum atomic E-state index is 10.3. The van der Waals surface area contributed by atoms with Crippen LogP contribution in [-0.2, 0) is 4.79 Å². The SMILES string of the molecule is CSC(C[C@H](N)C(=O)O)SC. The summed E-state index contributed by atoms with van der Waals surface area (Å²) in [5.74, 6) is -0.918.